The van der Waals surface area contributed by atoms with E-state index in [1.54, 1.807) is 11.8 Å². The molecule has 1 atom stereocenters. The first kappa shape index (κ1) is 19.0. The van der Waals surface area contributed by atoms with Crippen molar-refractivity contribution >= 4 is 11.8 Å². The Morgan fingerprint density at radius 3 is 2.56 bits per heavy atom. The Morgan fingerprint density at radius 2 is 1.89 bits per heavy atom. The minimum Gasteiger partial charge on any atom is -0.344 e. The van der Waals surface area contributed by atoms with E-state index >= 15 is 0 Å². The molecule has 0 fully saturated rings. The summed E-state index contributed by atoms with van der Waals surface area (Å²) in [6.45, 7) is 8.29. The Kier molecular flexibility index (Phi) is 5.26. The van der Waals surface area contributed by atoms with Gasteiger partial charge in [0.2, 0.25) is 11.8 Å². The van der Waals surface area contributed by atoms with Crippen LogP contribution in [0.4, 0.5) is 0 Å². The summed E-state index contributed by atoms with van der Waals surface area (Å²) in [5.41, 5.74) is 2.41. The van der Waals surface area contributed by atoms with E-state index in [2.05, 4.69) is 15.3 Å². The topological polar surface area (TPSA) is 75.2 Å². The quantitative estimate of drug-likeness (QED) is 0.906. The molecule has 1 aromatic heterocycles. The summed E-state index contributed by atoms with van der Waals surface area (Å²) in [5.74, 6) is 0.502. The summed E-state index contributed by atoms with van der Waals surface area (Å²) in [6, 6.07) is 9.31. The standard InChI is InChI=1S/C21H26N4O2/c1-14(23-20(27)21(2,3)4)19(26)25-11-10-17-16(13-25)12-22-18(24-17)15-8-6-5-7-9-15/h5-9,12,14H,10-11,13H2,1-4H3,(H,23,27)/t14-/m0/s1. The van der Waals surface area contributed by atoms with E-state index in [0.717, 1.165) is 16.8 Å². The zero-order chi connectivity index (χ0) is 19.6. The summed E-state index contributed by atoms with van der Waals surface area (Å²) >= 11 is 0. The van der Waals surface area contributed by atoms with Gasteiger partial charge in [-0.2, -0.15) is 0 Å². The van der Waals surface area contributed by atoms with Crippen LogP contribution >= 0.6 is 0 Å². The molecule has 27 heavy (non-hydrogen) atoms. The van der Waals surface area contributed by atoms with Crippen molar-refractivity contribution in [3.05, 3.63) is 47.8 Å². The summed E-state index contributed by atoms with van der Waals surface area (Å²) < 4.78 is 0. The molecule has 1 aliphatic heterocycles. The zero-order valence-electron chi connectivity index (χ0n) is 16.3. The van der Waals surface area contributed by atoms with Gasteiger partial charge in [-0.05, 0) is 6.92 Å². The van der Waals surface area contributed by atoms with Crippen LogP contribution in [0.5, 0.6) is 0 Å². The van der Waals surface area contributed by atoms with Gasteiger partial charge in [-0.15, -0.1) is 0 Å². The lowest BCUT2D eigenvalue weighted by Crippen LogP contribution is -2.50. The first-order valence-electron chi connectivity index (χ1n) is 9.25. The van der Waals surface area contributed by atoms with E-state index in [1.807, 2.05) is 57.3 Å². The molecule has 1 aliphatic rings. The molecule has 0 aliphatic carbocycles. The molecule has 0 saturated heterocycles. The molecule has 2 aromatic rings. The van der Waals surface area contributed by atoms with Gasteiger partial charge in [-0.3, -0.25) is 9.59 Å². The highest BCUT2D eigenvalue weighted by molar-refractivity contribution is 5.89. The molecule has 2 heterocycles. The smallest absolute Gasteiger partial charge is 0.245 e. The summed E-state index contributed by atoms with van der Waals surface area (Å²) in [4.78, 5) is 35.8. The second-order valence-corrected chi connectivity index (χ2v) is 7.99. The van der Waals surface area contributed by atoms with Crippen LogP contribution in [0, 0.1) is 5.41 Å². The Labute approximate surface area is 160 Å². The molecule has 0 bridgehead atoms. The lowest BCUT2D eigenvalue weighted by atomic mass is 9.95. The highest BCUT2D eigenvalue weighted by Gasteiger charge is 2.29. The molecule has 6 heteroatoms. The van der Waals surface area contributed by atoms with Crippen molar-refractivity contribution in [1.82, 2.24) is 20.2 Å². The van der Waals surface area contributed by atoms with Crippen molar-refractivity contribution < 1.29 is 9.59 Å². The maximum Gasteiger partial charge on any atom is 0.245 e. The van der Waals surface area contributed by atoms with Crippen molar-refractivity contribution in [2.45, 2.75) is 46.7 Å². The minimum atomic E-state index is -0.553. The number of aromatic nitrogens is 2. The van der Waals surface area contributed by atoms with Crippen molar-refractivity contribution in [1.29, 1.82) is 0 Å². The average Bonchev–Trinajstić information content (AvgIpc) is 2.66. The molecule has 2 amide bonds. The predicted molar refractivity (Wildman–Crippen MR) is 104 cm³/mol. The molecule has 0 saturated carbocycles. The predicted octanol–water partition coefficient (Wildman–Crippen LogP) is 2.58. The van der Waals surface area contributed by atoms with E-state index in [4.69, 9.17) is 0 Å². The number of carbonyl (C=O) groups is 2. The normalized spacial score (nSPS) is 15.0. The van der Waals surface area contributed by atoms with Crippen LogP contribution in [0.25, 0.3) is 11.4 Å². The van der Waals surface area contributed by atoms with Crippen LogP contribution in [0.3, 0.4) is 0 Å². The van der Waals surface area contributed by atoms with Crippen LogP contribution in [0.2, 0.25) is 0 Å². The van der Waals surface area contributed by atoms with Gasteiger partial charge in [0.15, 0.2) is 5.82 Å². The van der Waals surface area contributed by atoms with Gasteiger partial charge in [-0.1, -0.05) is 51.1 Å². The number of hydrogen-bond acceptors (Lipinski definition) is 4. The maximum atomic E-state index is 12.7. The Bertz CT molecular complexity index is 843. The van der Waals surface area contributed by atoms with E-state index in [1.165, 1.54) is 0 Å². The summed E-state index contributed by atoms with van der Waals surface area (Å²) in [7, 11) is 0. The number of fused-ring (bicyclic) bond motifs is 1. The highest BCUT2D eigenvalue weighted by Crippen LogP contribution is 2.21. The fourth-order valence-electron chi connectivity index (χ4n) is 2.98. The van der Waals surface area contributed by atoms with Crippen LogP contribution in [0.1, 0.15) is 39.0 Å². The third kappa shape index (κ3) is 4.32. The van der Waals surface area contributed by atoms with E-state index in [9.17, 15) is 9.59 Å². The van der Waals surface area contributed by atoms with Gasteiger partial charge in [0.1, 0.15) is 6.04 Å². The van der Waals surface area contributed by atoms with Gasteiger partial charge < -0.3 is 10.2 Å². The number of nitrogens with zero attached hydrogens (tertiary/aromatic N) is 3. The largest absolute Gasteiger partial charge is 0.344 e. The summed E-state index contributed by atoms with van der Waals surface area (Å²) in [6.07, 6.45) is 2.49. The second-order valence-electron chi connectivity index (χ2n) is 7.99. The van der Waals surface area contributed by atoms with E-state index in [-0.39, 0.29) is 11.8 Å². The molecule has 3 rings (SSSR count). The summed E-state index contributed by atoms with van der Waals surface area (Å²) in [5, 5.41) is 2.81. The van der Waals surface area contributed by atoms with Crippen LogP contribution in [-0.4, -0.2) is 39.3 Å². The number of benzene rings is 1. The van der Waals surface area contributed by atoms with Crippen LogP contribution < -0.4 is 5.32 Å². The molecule has 1 aromatic carbocycles. The number of nitrogens with one attached hydrogen (secondary N) is 1. The maximum absolute atomic E-state index is 12.7. The van der Waals surface area contributed by atoms with Crippen LogP contribution in [-0.2, 0) is 22.6 Å². The molecule has 1 N–H and O–H groups in total. The van der Waals surface area contributed by atoms with Crippen molar-refractivity contribution in [2.75, 3.05) is 6.54 Å². The molecule has 6 nitrogen and oxygen atoms in total. The van der Waals surface area contributed by atoms with E-state index < -0.39 is 11.5 Å². The van der Waals surface area contributed by atoms with Gasteiger partial charge in [0.05, 0.1) is 5.69 Å². The third-order valence-corrected chi connectivity index (χ3v) is 4.68. The van der Waals surface area contributed by atoms with Crippen LogP contribution in [0.15, 0.2) is 36.5 Å². The monoisotopic (exact) mass is 366 g/mol. The number of rotatable bonds is 3. The Morgan fingerprint density at radius 1 is 1.19 bits per heavy atom. The molecular formula is C21H26N4O2. The van der Waals surface area contributed by atoms with E-state index in [0.29, 0.717) is 25.3 Å². The molecule has 142 valence electrons. The third-order valence-electron chi connectivity index (χ3n) is 4.68. The van der Waals surface area contributed by atoms with Crippen molar-refractivity contribution in [3.63, 3.8) is 0 Å². The molecule has 0 radical (unpaired) electrons. The Hall–Kier alpha value is -2.76. The van der Waals surface area contributed by atoms with Gasteiger partial charge in [0.25, 0.3) is 0 Å². The van der Waals surface area contributed by atoms with Gasteiger partial charge >= 0.3 is 0 Å². The lowest BCUT2D eigenvalue weighted by molar-refractivity contribution is -0.138. The van der Waals surface area contributed by atoms with Crippen molar-refractivity contribution in [2.24, 2.45) is 5.41 Å². The number of amides is 2. The fourth-order valence-corrected chi connectivity index (χ4v) is 2.98. The number of carbonyl (C=O) groups excluding carboxylic acids is 2. The lowest BCUT2D eigenvalue weighted by Gasteiger charge is -2.31. The second kappa shape index (κ2) is 7.47. The fraction of sp³-hybridized carbons (Fsp3) is 0.429. The number of hydrogen-bond donors (Lipinski definition) is 1. The zero-order valence-corrected chi connectivity index (χ0v) is 16.3. The Balaban J connectivity index is 1.69. The minimum absolute atomic E-state index is 0.0783. The van der Waals surface area contributed by atoms with Crippen molar-refractivity contribution in [3.8, 4) is 11.4 Å². The average molecular weight is 366 g/mol. The molecular weight excluding hydrogens is 340 g/mol. The SMILES string of the molecule is C[C@H](NC(=O)C(C)(C)C)C(=O)N1CCc2nc(-c3ccccc3)ncc2C1. The molecule has 0 spiro atoms. The first-order valence-corrected chi connectivity index (χ1v) is 9.25. The molecule has 0 unspecified atom stereocenters. The highest BCUT2D eigenvalue weighted by atomic mass is 16.2. The van der Waals surface area contributed by atoms with Gasteiger partial charge in [0, 0.05) is 42.2 Å². The van der Waals surface area contributed by atoms with Gasteiger partial charge in [-0.25, -0.2) is 9.97 Å². The first-order chi connectivity index (χ1) is 12.8.